The maximum absolute atomic E-state index is 2.43. The van der Waals surface area contributed by atoms with Crippen LogP contribution in [0.4, 0.5) is 17.1 Å². The van der Waals surface area contributed by atoms with Crippen LogP contribution in [0.3, 0.4) is 0 Å². The average Bonchev–Trinajstić information content (AvgIpc) is 3.23. The Morgan fingerprint density at radius 1 is 0.245 bits per heavy atom. The highest BCUT2D eigenvalue weighted by molar-refractivity contribution is 6.34. The fourth-order valence-corrected chi connectivity index (χ4v) is 8.79. The van der Waals surface area contributed by atoms with Crippen LogP contribution in [0, 0.1) is 0 Å². The van der Waals surface area contributed by atoms with E-state index in [4.69, 9.17) is 0 Å². The van der Waals surface area contributed by atoms with Crippen molar-refractivity contribution in [2.24, 2.45) is 0 Å². The Bertz CT molecular complexity index is 2970. The molecule has 0 aromatic heterocycles. The van der Waals surface area contributed by atoms with Crippen molar-refractivity contribution in [3.8, 4) is 22.3 Å². The van der Waals surface area contributed by atoms with Gasteiger partial charge in [-0.05, 0) is 112 Å². The molecule has 0 saturated carbocycles. The number of hydrogen-bond donors (Lipinski definition) is 0. The highest BCUT2D eigenvalue weighted by Crippen LogP contribution is 2.46. The van der Waals surface area contributed by atoms with Crippen LogP contribution in [0.5, 0.6) is 0 Å². The fraction of sp³-hybridized carbons (Fsp3) is 0. The van der Waals surface area contributed by atoms with Gasteiger partial charge in [-0.25, -0.2) is 0 Å². The second-order valence-corrected chi connectivity index (χ2v) is 14.1. The Hall–Kier alpha value is -6.96. The summed E-state index contributed by atoms with van der Waals surface area (Å²) in [5, 5.41) is 15.4. The van der Waals surface area contributed by atoms with Crippen LogP contribution in [-0.2, 0) is 0 Å². The number of benzene rings is 11. The summed E-state index contributed by atoms with van der Waals surface area (Å²) in [5.74, 6) is 0. The first kappa shape index (κ1) is 29.7. The molecule has 0 heterocycles. The summed E-state index contributed by atoms with van der Waals surface area (Å²) in [6, 6.07) is 73.5. The highest BCUT2D eigenvalue weighted by Gasteiger charge is 2.20. The van der Waals surface area contributed by atoms with E-state index in [1.807, 2.05) is 0 Å². The molecule has 0 bridgehead atoms. The largest absolute Gasteiger partial charge is 0.310 e. The predicted octanol–water partition coefficient (Wildman–Crippen LogP) is 14.8. The maximum Gasteiger partial charge on any atom is 0.0540 e. The zero-order valence-electron chi connectivity index (χ0n) is 29.0. The van der Waals surface area contributed by atoms with Crippen LogP contribution < -0.4 is 4.90 Å². The molecule has 11 rings (SSSR count). The van der Waals surface area contributed by atoms with Gasteiger partial charge in [0.15, 0.2) is 0 Å². The van der Waals surface area contributed by atoms with Crippen molar-refractivity contribution in [3.05, 3.63) is 200 Å². The normalized spacial score (nSPS) is 11.8. The van der Waals surface area contributed by atoms with Gasteiger partial charge in [-0.15, -0.1) is 0 Å². The molecular weight excluding hydrogens is 639 g/mol. The van der Waals surface area contributed by atoms with Gasteiger partial charge in [0.05, 0.1) is 5.69 Å². The van der Waals surface area contributed by atoms with E-state index in [1.165, 1.54) is 86.9 Å². The molecule has 11 aromatic rings. The van der Waals surface area contributed by atoms with E-state index in [-0.39, 0.29) is 0 Å². The Morgan fingerprint density at radius 3 is 1.21 bits per heavy atom. The van der Waals surface area contributed by atoms with Crippen LogP contribution in [0.2, 0.25) is 0 Å². The lowest BCUT2D eigenvalue weighted by atomic mass is 9.89. The van der Waals surface area contributed by atoms with Crippen molar-refractivity contribution in [1.82, 2.24) is 0 Å². The standard InChI is InChI=1S/C52H33N/c1-3-16-41-34(10-1)12-5-18-43(41)36-24-28-39(29-25-36)53(40-30-26-37(27-31-40)44-19-6-13-35-11-2-4-17-42(35)44)50-33-32-48-46-21-8-15-38-14-7-20-45(51(38)46)47-22-9-23-49(50)52(47)48/h1-33H. The quantitative estimate of drug-likeness (QED) is 0.130. The van der Waals surface area contributed by atoms with E-state index in [0.29, 0.717) is 0 Å². The second kappa shape index (κ2) is 11.8. The van der Waals surface area contributed by atoms with Crippen molar-refractivity contribution in [2.75, 3.05) is 4.90 Å². The smallest absolute Gasteiger partial charge is 0.0540 e. The Balaban J connectivity index is 1.12. The minimum atomic E-state index is 1.12. The summed E-state index contributed by atoms with van der Waals surface area (Å²) in [7, 11) is 0. The molecule has 0 aliphatic carbocycles. The van der Waals surface area contributed by atoms with Gasteiger partial charge in [-0.2, -0.15) is 0 Å². The summed E-state index contributed by atoms with van der Waals surface area (Å²) in [6.45, 7) is 0. The summed E-state index contributed by atoms with van der Waals surface area (Å²) >= 11 is 0. The minimum absolute atomic E-state index is 1.12. The molecule has 1 nitrogen and oxygen atoms in total. The van der Waals surface area contributed by atoms with E-state index in [9.17, 15) is 0 Å². The first-order chi connectivity index (χ1) is 26.3. The monoisotopic (exact) mass is 671 g/mol. The van der Waals surface area contributed by atoms with Crippen molar-refractivity contribution < 1.29 is 0 Å². The van der Waals surface area contributed by atoms with Crippen LogP contribution in [0.25, 0.3) is 86.9 Å². The van der Waals surface area contributed by atoms with Gasteiger partial charge < -0.3 is 4.90 Å². The molecule has 53 heavy (non-hydrogen) atoms. The molecule has 0 fully saturated rings. The molecule has 1 heteroatoms. The SMILES string of the molecule is c1ccc2c(-c3ccc(N(c4ccc(-c5cccc6ccccc56)cc4)c4ccc5c6cccc7cccc(c8cccc4c85)c76)cc3)cccc2c1. The van der Waals surface area contributed by atoms with Gasteiger partial charge in [0, 0.05) is 16.8 Å². The Kier molecular flexibility index (Phi) is 6.62. The van der Waals surface area contributed by atoms with E-state index in [0.717, 1.165) is 17.1 Å². The lowest BCUT2D eigenvalue weighted by Crippen LogP contribution is -2.10. The third-order valence-corrected chi connectivity index (χ3v) is 11.2. The summed E-state index contributed by atoms with van der Waals surface area (Å²) in [6.07, 6.45) is 0. The van der Waals surface area contributed by atoms with E-state index >= 15 is 0 Å². The van der Waals surface area contributed by atoms with Crippen LogP contribution in [-0.4, -0.2) is 0 Å². The Labute approximate surface area is 307 Å². The molecular formula is C52H33N. The van der Waals surface area contributed by atoms with E-state index < -0.39 is 0 Å². The van der Waals surface area contributed by atoms with Gasteiger partial charge in [-0.3, -0.25) is 0 Å². The third-order valence-electron chi connectivity index (χ3n) is 11.2. The van der Waals surface area contributed by atoms with Crippen LogP contribution >= 0.6 is 0 Å². The predicted molar refractivity (Wildman–Crippen MR) is 228 cm³/mol. The van der Waals surface area contributed by atoms with Crippen molar-refractivity contribution in [3.63, 3.8) is 0 Å². The number of hydrogen-bond acceptors (Lipinski definition) is 1. The van der Waals surface area contributed by atoms with Crippen molar-refractivity contribution >= 4 is 81.7 Å². The van der Waals surface area contributed by atoms with E-state index in [1.54, 1.807) is 0 Å². The number of anilines is 3. The van der Waals surface area contributed by atoms with E-state index in [2.05, 4.69) is 205 Å². The molecule has 11 aromatic carbocycles. The van der Waals surface area contributed by atoms with Crippen LogP contribution in [0.1, 0.15) is 0 Å². The first-order valence-electron chi connectivity index (χ1n) is 18.3. The van der Waals surface area contributed by atoms with Crippen molar-refractivity contribution in [1.29, 1.82) is 0 Å². The van der Waals surface area contributed by atoms with Gasteiger partial charge in [0.2, 0.25) is 0 Å². The Morgan fingerprint density at radius 2 is 0.642 bits per heavy atom. The topological polar surface area (TPSA) is 3.24 Å². The number of rotatable bonds is 5. The summed E-state index contributed by atoms with van der Waals surface area (Å²) in [5.41, 5.74) is 8.30. The molecule has 0 aliphatic heterocycles. The average molecular weight is 672 g/mol. The number of fused-ring (bicyclic) bond motifs is 4. The molecule has 0 aliphatic rings. The fourth-order valence-electron chi connectivity index (χ4n) is 8.79. The summed E-state index contributed by atoms with van der Waals surface area (Å²) in [4.78, 5) is 2.43. The lowest BCUT2D eigenvalue weighted by Gasteiger charge is -2.28. The lowest BCUT2D eigenvalue weighted by molar-refractivity contribution is 1.30. The van der Waals surface area contributed by atoms with Gasteiger partial charge >= 0.3 is 0 Å². The molecule has 0 radical (unpaired) electrons. The second-order valence-electron chi connectivity index (χ2n) is 14.1. The molecule has 0 unspecified atom stereocenters. The third kappa shape index (κ3) is 4.64. The molecule has 0 spiro atoms. The molecule has 0 atom stereocenters. The zero-order chi connectivity index (χ0) is 34.9. The van der Waals surface area contributed by atoms with Gasteiger partial charge in [0.1, 0.15) is 0 Å². The van der Waals surface area contributed by atoms with Gasteiger partial charge in [-0.1, -0.05) is 170 Å². The van der Waals surface area contributed by atoms with Crippen molar-refractivity contribution in [2.45, 2.75) is 0 Å². The van der Waals surface area contributed by atoms with Crippen LogP contribution in [0.15, 0.2) is 200 Å². The molecule has 0 amide bonds. The minimum Gasteiger partial charge on any atom is -0.310 e. The molecule has 246 valence electrons. The highest BCUT2D eigenvalue weighted by atomic mass is 15.1. The first-order valence-corrected chi connectivity index (χ1v) is 18.3. The summed E-state index contributed by atoms with van der Waals surface area (Å²) < 4.78 is 0. The molecule has 0 N–H and O–H groups in total. The zero-order valence-corrected chi connectivity index (χ0v) is 29.0. The maximum atomic E-state index is 2.43. The number of nitrogens with zero attached hydrogens (tertiary/aromatic N) is 1. The van der Waals surface area contributed by atoms with Gasteiger partial charge in [0.25, 0.3) is 0 Å². The molecule has 0 saturated heterocycles.